The molecule has 0 atom stereocenters. The molecule has 0 aliphatic carbocycles. The van der Waals surface area contributed by atoms with Crippen molar-refractivity contribution in [3.05, 3.63) is 46.2 Å². The molecular formula is C16H18BrN3O3. The number of carboxylic acid groups (broad SMARTS) is 1. The van der Waals surface area contributed by atoms with Gasteiger partial charge in [-0.2, -0.15) is 5.10 Å². The van der Waals surface area contributed by atoms with Crippen LogP contribution in [0.25, 0.3) is 5.69 Å². The number of aromatic nitrogens is 2. The Balaban J connectivity index is 2.30. The maximum atomic E-state index is 12.6. The van der Waals surface area contributed by atoms with Crippen molar-refractivity contribution in [2.75, 3.05) is 13.1 Å². The van der Waals surface area contributed by atoms with Gasteiger partial charge in [0.1, 0.15) is 6.54 Å². The normalized spacial score (nSPS) is 10.6. The molecule has 2 aromatic rings. The lowest BCUT2D eigenvalue weighted by Crippen LogP contribution is -2.36. The molecule has 1 heterocycles. The molecule has 2 rings (SSSR count). The lowest BCUT2D eigenvalue weighted by molar-refractivity contribution is -0.137. The minimum absolute atomic E-state index is 0.310. The van der Waals surface area contributed by atoms with Crippen molar-refractivity contribution in [1.82, 2.24) is 14.7 Å². The van der Waals surface area contributed by atoms with E-state index in [1.54, 1.807) is 17.8 Å². The van der Waals surface area contributed by atoms with Gasteiger partial charge < -0.3 is 10.0 Å². The van der Waals surface area contributed by atoms with Gasteiger partial charge in [0.15, 0.2) is 0 Å². The van der Waals surface area contributed by atoms with Crippen LogP contribution in [0.1, 0.15) is 29.4 Å². The number of aliphatic carboxylic acids is 1. The number of halogens is 1. The predicted molar refractivity (Wildman–Crippen MR) is 89.8 cm³/mol. The number of aryl methyl sites for hydroxylation is 1. The van der Waals surface area contributed by atoms with Crippen LogP contribution in [0.2, 0.25) is 0 Å². The Bertz CT molecular complexity index is 710. The summed E-state index contributed by atoms with van der Waals surface area (Å²) in [6.07, 6.45) is 2.34. The topological polar surface area (TPSA) is 75.4 Å². The highest BCUT2D eigenvalue weighted by Crippen LogP contribution is 2.17. The average molecular weight is 380 g/mol. The lowest BCUT2D eigenvalue weighted by atomic mass is 10.2. The molecule has 7 heteroatoms. The zero-order chi connectivity index (χ0) is 17.0. The number of carbonyl (C=O) groups is 2. The van der Waals surface area contributed by atoms with Gasteiger partial charge in [0.2, 0.25) is 0 Å². The largest absolute Gasteiger partial charge is 0.480 e. The van der Waals surface area contributed by atoms with Gasteiger partial charge in [-0.3, -0.25) is 9.59 Å². The van der Waals surface area contributed by atoms with Gasteiger partial charge in [-0.25, -0.2) is 4.68 Å². The summed E-state index contributed by atoms with van der Waals surface area (Å²) in [6, 6.07) is 7.54. The second-order valence-electron chi connectivity index (χ2n) is 5.17. The van der Waals surface area contributed by atoms with Crippen LogP contribution in [0.3, 0.4) is 0 Å². The van der Waals surface area contributed by atoms with E-state index in [1.807, 2.05) is 31.2 Å². The van der Waals surface area contributed by atoms with Gasteiger partial charge in [-0.1, -0.05) is 22.9 Å². The van der Waals surface area contributed by atoms with Gasteiger partial charge >= 0.3 is 5.97 Å². The van der Waals surface area contributed by atoms with Crippen molar-refractivity contribution in [2.45, 2.75) is 20.3 Å². The maximum Gasteiger partial charge on any atom is 0.323 e. The molecule has 1 amide bonds. The molecule has 0 saturated carbocycles. The van der Waals surface area contributed by atoms with Crippen LogP contribution in [-0.2, 0) is 4.79 Å². The molecule has 6 nitrogen and oxygen atoms in total. The zero-order valence-corrected chi connectivity index (χ0v) is 14.6. The Kier molecular flexibility index (Phi) is 5.54. The summed E-state index contributed by atoms with van der Waals surface area (Å²) in [5.74, 6) is -1.33. The minimum Gasteiger partial charge on any atom is -0.480 e. The van der Waals surface area contributed by atoms with Crippen molar-refractivity contribution < 1.29 is 14.7 Å². The van der Waals surface area contributed by atoms with E-state index in [1.165, 1.54) is 4.90 Å². The first-order valence-electron chi connectivity index (χ1n) is 7.25. The Hall–Kier alpha value is -2.15. The number of amides is 1. The Morgan fingerprint density at radius 3 is 2.52 bits per heavy atom. The smallest absolute Gasteiger partial charge is 0.323 e. The number of nitrogens with zero attached hydrogens (tertiary/aromatic N) is 3. The van der Waals surface area contributed by atoms with E-state index in [4.69, 9.17) is 5.11 Å². The van der Waals surface area contributed by atoms with E-state index in [0.717, 1.165) is 10.2 Å². The molecule has 0 radical (unpaired) electrons. The van der Waals surface area contributed by atoms with Gasteiger partial charge in [0, 0.05) is 17.2 Å². The van der Waals surface area contributed by atoms with E-state index < -0.39 is 5.97 Å². The molecule has 122 valence electrons. The molecule has 0 aliphatic rings. The molecule has 1 aromatic carbocycles. The van der Waals surface area contributed by atoms with Crippen molar-refractivity contribution >= 4 is 27.8 Å². The third kappa shape index (κ3) is 4.19. The summed E-state index contributed by atoms with van der Waals surface area (Å²) < 4.78 is 2.58. The number of hydrogen-bond acceptors (Lipinski definition) is 3. The van der Waals surface area contributed by atoms with Crippen molar-refractivity contribution in [2.24, 2.45) is 0 Å². The third-order valence-electron chi connectivity index (χ3n) is 3.33. The summed E-state index contributed by atoms with van der Waals surface area (Å²) in [4.78, 5) is 24.9. The molecule has 1 N–H and O–H groups in total. The fourth-order valence-electron chi connectivity index (χ4n) is 2.25. The highest BCUT2D eigenvalue weighted by Gasteiger charge is 2.22. The van der Waals surface area contributed by atoms with Gasteiger partial charge in [-0.15, -0.1) is 0 Å². The monoisotopic (exact) mass is 379 g/mol. The Morgan fingerprint density at radius 1 is 1.30 bits per heavy atom. The highest BCUT2D eigenvalue weighted by atomic mass is 79.9. The van der Waals surface area contributed by atoms with E-state index >= 15 is 0 Å². The van der Waals surface area contributed by atoms with E-state index in [0.29, 0.717) is 24.2 Å². The van der Waals surface area contributed by atoms with Crippen molar-refractivity contribution in [3.63, 3.8) is 0 Å². The first kappa shape index (κ1) is 17.2. The first-order chi connectivity index (χ1) is 10.9. The summed E-state index contributed by atoms with van der Waals surface area (Å²) in [5.41, 5.74) is 1.82. The van der Waals surface area contributed by atoms with Gasteiger partial charge in [-0.05, 0) is 37.6 Å². The molecule has 0 bridgehead atoms. The second kappa shape index (κ2) is 7.41. The van der Waals surface area contributed by atoms with Crippen molar-refractivity contribution in [1.29, 1.82) is 0 Å². The lowest BCUT2D eigenvalue weighted by Gasteiger charge is -2.19. The summed E-state index contributed by atoms with van der Waals surface area (Å²) in [7, 11) is 0. The summed E-state index contributed by atoms with van der Waals surface area (Å²) in [6.45, 7) is 3.73. The van der Waals surface area contributed by atoms with Gasteiger partial charge in [0.25, 0.3) is 5.91 Å². The Morgan fingerprint density at radius 2 is 1.96 bits per heavy atom. The van der Waals surface area contributed by atoms with Crippen LogP contribution < -0.4 is 0 Å². The number of carboxylic acids is 1. The Labute approximate surface area is 142 Å². The minimum atomic E-state index is -1.02. The number of hydrogen-bond donors (Lipinski definition) is 1. The zero-order valence-electron chi connectivity index (χ0n) is 13.0. The number of carbonyl (C=O) groups excluding carboxylic acids is 1. The average Bonchev–Trinajstić information content (AvgIpc) is 2.88. The van der Waals surface area contributed by atoms with E-state index in [2.05, 4.69) is 21.0 Å². The van der Waals surface area contributed by atoms with Crippen LogP contribution in [0.15, 0.2) is 34.9 Å². The van der Waals surface area contributed by atoms with Crippen LogP contribution >= 0.6 is 15.9 Å². The number of benzene rings is 1. The quantitative estimate of drug-likeness (QED) is 0.836. The molecule has 0 saturated heterocycles. The first-order valence-corrected chi connectivity index (χ1v) is 8.05. The van der Waals surface area contributed by atoms with Gasteiger partial charge in [0.05, 0.1) is 16.9 Å². The third-order valence-corrected chi connectivity index (χ3v) is 3.86. The van der Waals surface area contributed by atoms with E-state index in [9.17, 15) is 9.59 Å². The molecule has 23 heavy (non-hydrogen) atoms. The van der Waals surface area contributed by atoms with Crippen LogP contribution in [0.5, 0.6) is 0 Å². The van der Waals surface area contributed by atoms with E-state index in [-0.39, 0.29) is 12.5 Å². The second-order valence-corrected chi connectivity index (χ2v) is 6.09. The molecule has 1 aromatic heterocycles. The molecule has 0 fully saturated rings. The fraction of sp³-hybridized carbons (Fsp3) is 0.312. The molecular weight excluding hydrogens is 362 g/mol. The predicted octanol–water partition coefficient (Wildman–Crippen LogP) is 2.88. The maximum absolute atomic E-state index is 12.6. The van der Waals surface area contributed by atoms with Crippen LogP contribution in [0, 0.1) is 6.92 Å². The molecule has 0 spiro atoms. The van der Waals surface area contributed by atoms with Crippen LogP contribution in [0.4, 0.5) is 0 Å². The molecule has 0 aliphatic heterocycles. The summed E-state index contributed by atoms with van der Waals surface area (Å²) in [5, 5.41) is 13.3. The standard InChI is InChI=1S/C16H18BrN3O3/c1-3-8-19(10-15(21)22)16(23)14-9-20(18-11(14)2)13-6-4-12(17)5-7-13/h4-7,9H,3,8,10H2,1-2H3,(H,21,22). The fourth-order valence-corrected chi connectivity index (χ4v) is 2.52. The highest BCUT2D eigenvalue weighted by molar-refractivity contribution is 9.10. The summed E-state index contributed by atoms with van der Waals surface area (Å²) >= 11 is 3.37. The van der Waals surface area contributed by atoms with Crippen molar-refractivity contribution in [3.8, 4) is 5.69 Å². The number of rotatable bonds is 6. The molecule has 0 unspecified atom stereocenters. The van der Waals surface area contributed by atoms with Crippen LogP contribution in [-0.4, -0.2) is 44.8 Å². The SMILES string of the molecule is CCCN(CC(=O)O)C(=O)c1cn(-c2ccc(Br)cc2)nc1C.